The predicted octanol–water partition coefficient (Wildman–Crippen LogP) is 4.08. The first-order valence-corrected chi connectivity index (χ1v) is 9.84. The number of carbonyl (C=O) groups is 1. The summed E-state index contributed by atoms with van der Waals surface area (Å²) in [5, 5.41) is 23.1. The van der Waals surface area contributed by atoms with Crippen LogP contribution in [0.25, 0.3) is 0 Å². The van der Waals surface area contributed by atoms with E-state index < -0.39 is 12.0 Å². The Balaban J connectivity index is 1.58. The molecule has 0 aliphatic carbocycles. The molecule has 1 amide bonds. The number of aliphatic hydroxyl groups is 1. The SMILES string of the molecule is N#Cc1ccccc1COc1ccc(/C=N\NC(=O)[C@H](O)c2ccccc2)cc1Br. The molecule has 0 fully saturated rings. The molecule has 0 aliphatic rings. The summed E-state index contributed by atoms with van der Waals surface area (Å²) in [6, 6.07) is 23.4. The molecule has 0 saturated heterocycles. The van der Waals surface area contributed by atoms with Crippen molar-refractivity contribution in [2.45, 2.75) is 12.7 Å². The first-order chi connectivity index (χ1) is 14.6. The molecule has 0 bridgehead atoms. The molecule has 6 nitrogen and oxygen atoms in total. The van der Waals surface area contributed by atoms with E-state index in [2.05, 4.69) is 32.5 Å². The van der Waals surface area contributed by atoms with Crippen LogP contribution in [0.4, 0.5) is 0 Å². The van der Waals surface area contributed by atoms with Gasteiger partial charge in [0.1, 0.15) is 12.4 Å². The summed E-state index contributed by atoms with van der Waals surface area (Å²) in [7, 11) is 0. The second-order valence-corrected chi connectivity index (χ2v) is 7.15. The van der Waals surface area contributed by atoms with Gasteiger partial charge >= 0.3 is 0 Å². The number of benzene rings is 3. The zero-order chi connectivity index (χ0) is 21.3. The Morgan fingerprint density at radius 1 is 1.17 bits per heavy atom. The average molecular weight is 464 g/mol. The molecular weight excluding hydrogens is 446 g/mol. The summed E-state index contributed by atoms with van der Waals surface area (Å²) in [6.07, 6.45) is 0.178. The van der Waals surface area contributed by atoms with Crippen LogP contribution in [-0.4, -0.2) is 17.2 Å². The van der Waals surface area contributed by atoms with Crippen molar-refractivity contribution in [3.63, 3.8) is 0 Å². The van der Waals surface area contributed by atoms with Crippen molar-refractivity contribution < 1.29 is 14.6 Å². The summed E-state index contributed by atoms with van der Waals surface area (Å²) in [5.74, 6) is -0.00365. The lowest BCUT2D eigenvalue weighted by Gasteiger charge is -2.10. The third-order valence-corrected chi connectivity index (χ3v) is 4.85. The van der Waals surface area contributed by atoms with Crippen LogP contribution in [0.2, 0.25) is 0 Å². The van der Waals surface area contributed by atoms with Crippen LogP contribution in [0.1, 0.15) is 28.4 Å². The largest absolute Gasteiger partial charge is 0.488 e. The van der Waals surface area contributed by atoms with Crippen molar-refractivity contribution in [2.75, 3.05) is 0 Å². The van der Waals surface area contributed by atoms with Gasteiger partial charge < -0.3 is 9.84 Å². The molecule has 0 heterocycles. The zero-order valence-corrected chi connectivity index (χ0v) is 17.4. The molecular formula is C23H18BrN3O3. The molecule has 0 aliphatic heterocycles. The minimum absolute atomic E-state index is 0.267. The molecule has 0 saturated carbocycles. The summed E-state index contributed by atoms with van der Waals surface area (Å²) in [6.45, 7) is 0.267. The lowest BCUT2D eigenvalue weighted by atomic mass is 10.1. The maximum absolute atomic E-state index is 12.0. The highest BCUT2D eigenvalue weighted by molar-refractivity contribution is 9.10. The van der Waals surface area contributed by atoms with Crippen LogP contribution in [0, 0.1) is 11.3 Å². The number of rotatable bonds is 7. The highest BCUT2D eigenvalue weighted by Crippen LogP contribution is 2.26. The van der Waals surface area contributed by atoms with Gasteiger partial charge in [-0.2, -0.15) is 10.4 Å². The standard InChI is InChI=1S/C23H18BrN3O3/c24-20-12-16(14-26-27-23(29)22(28)17-6-2-1-3-7-17)10-11-21(20)30-15-19-9-5-4-8-18(19)13-25/h1-12,14,22,28H,15H2,(H,27,29)/b26-14-/t22-/m1/s1. The van der Waals surface area contributed by atoms with Crippen LogP contribution in [0.3, 0.4) is 0 Å². The molecule has 0 spiro atoms. The number of halogens is 1. The van der Waals surface area contributed by atoms with E-state index in [9.17, 15) is 9.90 Å². The molecule has 3 rings (SSSR count). The number of nitrogens with zero attached hydrogens (tertiary/aromatic N) is 2. The Morgan fingerprint density at radius 2 is 1.90 bits per heavy atom. The van der Waals surface area contributed by atoms with Crippen molar-refractivity contribution in [1.29, 1.82) is 5.26 Å². The maximum Gasteiger partial charge on any atom is 0.273 e. The van der Waals surface area contributed by atoms with E-state index in [0.29, 0.717) is 21.3 Å². The van der Waals surface area contributed by atoms with Gasteiger partial charge in [-0.15, -0.1) is 0 Å². The van der Waals surface area contributed by atoms with Crippen LogP contribution < -0.4 is 10.2 Å². The zero-order valence-electron chi connectivity index (χ0n) is 15.8. The molecule has 2 N–H and O–H groups in total. The summed E-state index contributed by atoms with van der Waals surface area (Å²) in [5.41, 5.74) is 4.92. The van der Waals surface area contributed by atoms with Gasteiger partial charge in [0.2, 0.25) is 0 Å². The Morgan fingerprint density at radius 3 is 2.63 bits per heavy atom. The highest BCUT2D eigenvalue weighted by atomic mass is 79.9. The Labute approximate surface area is 182 Å². The Hall–Kier alpha value is -3.47. The maximum atomic E-state index is 12.0. The number of nitriles is 1. The van der Waals surface area contributed by atoms with Crippen LogP contribution in [0.5, 0.6) is 5.75 Å². The van der Waals surface area contributed by atoms with Gasteiger partial charge in [-0.1, -0.05) is 48.5 Å². The van der Waals surface area contributed by atoms with Gasteiger partial charge in [0.15, 0.2) is 6.10 Å². The van der Waals surface area contributed by atoms with E-state index in [4.69, 9.17) is 10.00 Å². The Kier molecular flexibility index (Phi) is 7.33. The van der Waals surface area contributed by atoms with Crippen LogP contribution in [0.15, 0.2) is 82.4 Å². The van der Waals surface area contributed by atoms with Gasteiger partial charge in [0.25, 0.3) is 5.91 Å². The number of carbonyl (C=O) groups excluding carboxylic acids is 1. The fraction of sp³-hybridized carbons (Fsp3) is 0.0870. The van der Waals surface area contributed by atoms with E-state index in [-0.39, 0.29) is 6.61 Å². The smallest absolute Gasteiger partial charge is 0.273 e. The fourth-order valence-corrected chi connectivity index (χ4v) is 3.15. The third kappa shape index (κ3) is 5.54. The molecule has 0 unspecified atom stereocenters. The molecule has 150 valence electrons. The minimum Gasteiger partial charge on any atom is -0.488 e. The lowest BCUT2D eigenvalue weighted by Crippen LogP contribution is -2.25. The monoisotopic (exact) mass is 463 g/mol. The van der Waals surface area contributed by atoms with Gasteiger partial charge in [0, 0.05) is 5.56 Å². The number of aliphatic hydroxyl groups excluding tert-OH is 1. The number of hydrazone groups is 1. The third-order valence-electron chi connectivity index (χ3n) is 4.23. The lowest BCUT2D eigenvalue weighted by molar-refractivity contribution is -0.129. The number of amides is 1. The summed E-state index contributed by atoms with van der Waals surface area (Å²) in [4.78, 5) is 12.0. The fourth-order valence-electron chi connectivity index (χ4n) is 2.64. The Bertz CT molecular complexity index is 1090. The van der Waals surface area contributed by atoms with Gasteiger partial charge in [0.05, 0.1) is 22.3 Å². The molecule has 3 aromatic rings. The molecule has 3 aromatic carbocycles. The van der Waals surface area contributed by atoms with Gasteiger partial charge in [-0.3, -0.25) is 4.79 Å². The first kappa shape index (κ1) is 21.2. The minimum atomic E-state index is -1.29. The van der Waals surface area contributed by atoms with Crippen molar-refractivity contribution >= 4 is 28.1 Å². The summed E-state index contributed by atoms with van der Waals surface area (Å²) >= 11 is 3.45. The molecule has 30 heavy (non-hydrogen) atoms. The van der Waals surface area contributed by atoms with Crippen molar-refractivity contribution in [3.8, 4) is 11.8 Å². The van der Waals surface area contributed by atoms with Crippen LogP contribution >= 0.6 is 15.9 Å². The van der Waals surface area contributed by atoms with E-state index in [0.717, 1.165) is 11.1 Å². The highest BCUT2D eigenvalue weighted by Gasteiger charge is 2.16. The second kappa shape index (κ2) is 10.3. The van der Waals surface area contributed by atoms with E-state index in [1.54, 1.807) is 54.6 Å². The number of hydrogen-bond acceptors (Lipinski definition) is 5. The molecule has 7 heteroatoms. The quantitative estimate of drug-likeness (QED) is 0.407. The molecule has 0 aromatic heterocycles. The normalized spacial score (nSPS) is 11.6. The predicted molar refractivity (Wildman–Crippen MR) is 117 cm³/mol. The first-order valence-electron chi connectivity index (χ1n) is 9.05. The van der Waals surface area contributed by atoms with E-state index >= 15 is 0 Å². The van der Waals surface area contributed by atoms with Crippen molar-refractivity contribution in [2.24, 2.45) is 5.10 Å². The second-order valence-electron chi connectivity index (χ2n) is 6.29. The van der Waals surface area contributed by atoms with Crippen molar-refractivity contribution in [1.82, 2.24) is 5.43 Å². The van der Waals surface area contributed by atoms with Crippen LogP contribution in [-0.2, 0) is 11.4 Å². The topological polar surface area (TPSA) is 94.7 Å². The molecule has 0 radical (unpaired) electrons. The van der Waals surface area contributed by atoms with Crippen molar-refractivity contribution in [3.05, 3.63) is 99.5 Å². The number of ether oxygens (including phenoxy) is 1. The van der Waals surface area contributed by atoms with Gasteiger partial charge in [-0.05, 0) is 51.3 Å². The number of hydrogen-bond donors (Lipinski definition) is 2. The number of nitrogens with one attached hydrogen (secondary N) is 1. The van der Waals surface area contributed by atoms with Gasteiger partial charge in [-0.25, -0.2) is 5.43 Å². The van der Waals surface area contributed by atoms with E-state index in [1.165, 1.54) is 6.21 Å². The molecule has 1 atom stereocenters. The van der Waals surface area contributed by atoms with E-state index in [1.807, 2.05) is 18.2 Å². The summed E-state index contributed by atoms with van der Waals surface area (Å²) < 4.78 is 6.50. The average Bonchev–Trinajstić information content (AvgIpc) is 2.78.